The van der Waals surface area contributed by atoms with Crippen LogP contribution in [0.4, 0.5) is 0 Å². The molecule has 0 bridgehead atoms. The van der Waals surface area contributed by atoms with Gasteiger partial charge in [0, 0.05) is 0 Å². The van der Waals surface area contributed by atoms with E-state index in [1.807, 2.05) is 0 Å². The number of hydrogen-bond acceptors (Lipinski definition) is 4. The summed E-state index contributed by atoms with van der Waals surface area (Å²) in [6.45, 7) is 6.91. The zero-order valence-corrected chi connectivity index (χ0v) is 12.2. The predicted molar refractivity (Wildman–Crippen MR) is 72.6 cm³/mol. The minimum atomic E-state index is -0.628. The van der Waals surface area contributed by atoms with Crippen molar-refractivity contribution in [2.24, 2.45) is 0 Å². The van der Waals surface area contributed by atoms with Crippen LogP contribution in [0.25, 0.3) is 0 Å². The van der Waals surface area contributed by atoms with Crippen molar-refractivity contribution in [1.29, 1.82) is 0 Å². The number of carbonyl (C=O) groups excluding carboxylic acids is 2. The number of carbonyl (C=O) groups is 2. The van der Waals surface area contributed by atoms with E-state index in [1.165, 1.54) is 12.1 Å². The molecule has 0 fully saturated rings. The molecule has 0 radical (unpaired) electrons. The fraction of sp³-hybridized carbons (Fsp3) is 0.429. The maximum absolute atomic E-state index is 12.0. The lowest BCUT2D eigenvalue weighted by Crippen LogP contribution is -2.19. The Bertz CT molecular complexity index is 480. The van der Waals surface area contributed by atoms with Crippen LogP contribution in [-0.2, 0) is 9.47 Å². The monoisotopic (exact) mass is 284 g/mol. The fourth-order valence-corrected chi connectivity index (χ4v) is 1.70. The molecule has 0 heterocycles. The molecule has 0 unspecified atom stereocenters. The summed E-state index contributed by atoms with van der Waals surface area (Å²) < 4.78 is 10.2. The van der Waals surface area contributed by atoms with Gasteiger partial charge in [0.05, 0.1) is 28.4 Å². The average Bonchev–Trinajstić information content (AvgIpc) is 2.26. The van der Waals surface area contributed by atoms with Gasteiger partial charge in [0.15, 0.2) is 0 Å². The zero-order chi connectivity index (χ0) is 14.6. The second-order valence-electron chi connectivity index (χ2n) is 4.57. The van der Waals surface area contributed by atoms with E-state index in [1.54, 1.807) is 33.8 Å². The van der Waals surface area contributed by atoms with Gasteiger partial charge in [-0.1, -0.05) is 17.7 Å². The molecule has 4 nitrogen and oxygen atoms in total. The van der Waals surface area contributed by atoms with Gasteiger partial charge in [-0.25, -0.2) is 9.59 Å². The van der Waals surface area contributed by atoms with Crippen LogP contribution in [0.3, 0.4) is 0 Å². The molecule has 5 heteroatoms. The van der Waals surface area contributed by atoms with Crippen LogP contribution in [0.1, 0.15) is 48.4 Å². The summed E-state index contributed by atoms with van der Waals surface area (Å²) in [7, 11) is 0. The highest BCUT2D eigenvalue weighted by atomic mass is 35.5. The third-order valence-electron chi connectivity index (χ3n) is 2.12. The molecule has 0 aliphatic carbocycles. The predicted octanol–water partition coefficient (Wildman–Crippen LogP) is 3.47. The Labute approximate surface area is 117 Å². The van der Waals surface area contributed by atoms with Crippen LogP contribution in [0.15, 0.2) is 18.2 Å². The van der Waals surface area contributed by atoms with Crippen molar-refractivity contribution in [1.82, 2.24) is 0 Å². The number of benzene rings is 1. The Balaban J connectivity index is 3.15. The highest BCUT2D eigenvalue weighted by molar-refractivity contribution is 6.34. The number of hydrogen-bond donors (Lipinski definition) is 0. The van der Waals surface area contributed by atoms with Crippen molar-refractivity contribution in [3.05, 3.63) is 34.3 Å². The van der Waals surface area contributed by atoms with Crippen molar-refractivity contribution in [2.45, 2.75) is 39.9 Å². The Morgan fingerprint density at radius 2 is 1.53 bits per heavy atom. The van der Waals surface area contributed by atoms with Gasteiger partial charge in [-0.2, -0.15) is 0 Å². The highest BCUT2D eigenvalue weighted by Gasteiger charge is 2.23. The first-order valence-corrected chi connectivity index (χ1v) is 6.41. The summed E-state index contributed by atoms with van der Waals surface area (Å²) >= 11 is 5.98. The van der Waals surface area contributed by atoms with Crippen molar-refractivity contribution in [3.8, 4) is 0 Å². The Morgan fingerprint density at radius 3 is 2.05 bits per heavy atom. The van der Waals surface area contributed by atoms with E-state index in [4.69, 9.17) is 21.1 Å². The molecule has 104 valence electrons. The van der Waals surface area contributed by atoms with E-state index in [-0.39, 0.29) is 28.4 Å². The first-order valence-electron chi connectivity index (χ1n) is 6.03. The second-order valence-corrected chi connectivity index (χ2v) is 4.98. The highest BCUT2D eigenvalue weighted by Crippen LogP contribution is 2.22. The molecule has 0 amide bonds. The summed E-state index contributed by atoms with van der Waals surface area (Å²) in [5, 5.41) is 0.170. The molecule has 1 aromatic carbocycles. The van der Waals surface area contributed by atoms with Crippen LogP contribution in [-0.4, -0.2) is 24.1 Å². The van der Waals surface area contributed by atoms with Gasteiger partial charge in [0.2, 0.25) is 0 Å². The SMILES string of the molecule is CC(C)OC(=O)c1cccc(Cl)c1C(=O)OC(C)C. The summed E-state index contributed by atoms with van der Waals surface area (Å²) in [4.78, 5) is 23.9. The molecular formula is C14H17ClO4. The van der Waals surface area contributed by atoms with E-state index >= 15 is 0 Å². The number of halogens is 1. The van der Waals surface area contributed by atoms with Crippen molar-refractivity contribution in [3.63, 3.8) is 0 Å². The van der Waals surface area contributed by atoms with E-state index in [2.05, 4.69) is 0 Å². The molecular weight excluding hydrogens is 268 g/mol. The minimum Gasteiger partial charge on any atom is -0.459 e. The maximum atomic E-state index is 12.0. The molecule has 0 aliphatic heterocycles. The van der Waals surface area contributed by atoms with E-state index in [9.17, 15) is 9.59 Å². The lowest BCUT2D eigenvalue weighted by Gasteiger charge is -2.14. The molecule has 0 spiro atoms. The summed E-state index contributed by atoms with van der Waals surface area (Å²) in [6, 6.07) is 4.61. The third-order valence-corrected chi connectivity index (χ3v) is 2.44. The van der Waals surface area contributed by atoms with Crippen LogP contribution in [0, 0.1) is 0 Å². The van der Waals surface area contributed by atoms with Gasteiger partial charge in [-0.3, -0.25) is 0 Å². The quantitative estimate of drug-likeness (QED) is 0.795. The summed E-state index contributed by atoms with van der Waals surface area (Å²) in [5.74, 6) is -1.22. The Hall–Kier alpha value is -1.55. The average molecular weight is 285 g/mol. The van der Waals surface area contributed by atoms with Gasteiger partial charge in [0.25, 0.3) is 0 Å². The third kappa shape index (κ3) is 4.24. The Morgan fingerprint density at radius 1 is 1.00 bits per heavy atom. The first kappa shape index (κ1) is 15.5. The molecule has 1 aromatic rings. The van der Waals surface area contributed by atoms with E-state index in [0.29, 0.717) is 0 Å². The van der Waals surface area contributed by atoms with Gasteiger partial charge >= 0.3 is 11.9 Å². The van der Waals surface area contributed by atoms with Crippen molar-refractivity contribution in [2.75, 3.05) is 0 Å². The molecule has 0 N–H and O–H groups in total. The zero-order valence-electron chi connectivity index (χ0n) is 11.4. The van der Waals surface area contributed by atoms with E-state index in [0.717, 1.165) is 0 Å². The van der Waals surface area contributed by atoms with Crippen LogP contribution in [0.2, 0.25) is 5.02 Å². The van der Waals surface area contributed by atoms with Gasteiger partial charge in [0.1, 0.15) is 0 Å². The van der Waals surface area contributed by atoms with Crippen LogP contribution in [0.5, 0.6) is 0 Å². The number of rotatable bonds is 4. The molecule has 1 rings (SSSR count). The van der Waals surface area contributed by atoms with E-state index < -0.39 is 11.9 Å². The fourth-order valence-electron chi connectivity index (χ4n) is 1.45. The largest absolute Gasteiger partial charge is 0.459 e. The van der Waals surface area contributed by atoms with Gasteiger partial charge < -0.3 is 9.47 Å². The molecule has 0 saturated carbocycles. The summed E-state index contributed by atoms with van der Waals surface area (Å²) in [5.41, 5.74) is 0.162. The second kappa shape index (κ2) is 6.57. The lowest BCUT2D eigenvalue weighted by molar-refractivity contribution is 0.0328. The van der Waals surface area contributed by atoms with Crippen molar-refractivity contribution < 1.29 is 19.1 Å². The minimum absolute atomic E-state index is 0.0449. The normalized spacial score (nSPS) is 10.7. The van der Waals surface area contributed by atoms with Crippen LogP contribution >= 0.6 is 11.6 Å². The Kier molecular flexibility index (Phi) is 5.36. The number of ether oxygens (including phenoxy) is 2. The molecule has 0 aromatic heterocycles. The standard InChI is InChI=1S/C14H17ClO4/c1-8(2)18-13(16)10-6-5-7-11(15)12(10)14(17)19-9(3)4/h5-9H,1-4H3. The maximum Gasteiger partial charge on any atom is 0.340 e. The first-order chi connectivity index (χ1) is 8.82. The van der Waals surface area contributed by atoms with Gasteiger partial charge in [-0.15, -0.1) is 0 Å². The molecule has 0 saturated heterocycles. The summed E-state index contributed by atoms with van der Waals surface area (Å²) in [6.07, 6.45) is -0.571. The van der Waals surface area contributed by atoms with Gasteiger partial charge in [-0.05, 0) is 39.8 Å². The van der Waals surface area contributed by atoms with Crippen LogP contribution < -0.4 is 0 Å². The number of esters is 2. The smallest absolute Gasteiger partial charge is 0.340 e. The molecule has 19 heavy (non-hydrogen) atoms. The topological polar surface area (TPSA) is 52.6 Å². The van der Waals surface area contributed by atoms with Crippen molar-refractivity contribution >= 4 is 23.5 Å². The molecule has 0 aliphatic rings. The molecule has 0 atom stereocenters. The lowest BCUT2D eigenvalue weighted by atomic mass is 10.1.